The molecule has 2 aromatic carbocycles. The minimum absolute atomic E-state index is 0.0323. The Hall–Kier alpha value is -3.15. The summed E-state index contributed by atoms with van der Waals surface area (Å²) in [5.74, 6) is 0.521. The predicted molar refractivity (Wildman–Crippen MR) is 133 cm³/mol. The van der Waals surface area contributed by atoms with E-state index in [-0.39, 0.29) is 22.6 Å². The number of rotatable bonds is 5. The standard InChI is InChI=1S/C28H31N3O3/c1-17(29-23-8-4-3-7-20(23)26(33)34)21-15-19(18-9-10-18)16-22-24(21)30-27-28(11-5-2-6-12-28)13-14-31(27)25(22)32/h3-4,7-8,15-18,29H,2,5-6,9-14H2,1H3,(H,33,34)/t17-/m1/s1. The topological polar surface area (TPSA) is 84.2 Å². The molecule has 1 aliphatic heterocycles. The summed E-state index contributed by atoms with van der Waals surface area (Å²) in [5, 5.41) is 13.8. The van der Waals surface area contributed by atoms with Gasteiger partial charge >= 0.3 is 5.97 Å². The van der Waals surface area contributed by atoms with Crippen molar-refractivity contribution in [2.24, 2.45) is 0 Å². The molecule has 2 heterocycles. The number of para-hydroxylation sites is 1. The fourth-order valence-electron chi connectivity index (χ4n) is 6.22. The molecular weight excluding hydrogens is 426 g/mol. The van der Waals surface area contributed by atoms with Crippen molar-refractivity contribution in [3.63, 3.8) is 0 Å². The first kappa shape index (κ1) is 21.4. The van der Waals surface area contributed by atoms with Crippen LogP contribution in [0.2, 0.25) is 0 Å². The first-order valence-corrected chi connectivity index (χ1v) is 12.6. The van der Waals surface area contributed by atoms with Crippen LogP contribution in [-0.2, 0) is 12.0 Å². The van der Waals surface area contributed by atoms with Gasteiger partial charge in [0.05, 0.1) is 22.5 Å². The molecule has 3 aliphatic rings. The lowest BCUT2D eigenvalue weighted by molar-refractivity contribution is 0.0698. The number of nitrogens with zero attached hydrogens (tertiary/aromatic N) is 2. The maximum Gasteiger partial charge on any atom is 0.337 e. The molecular formula is C28H31N3O3. The lowest BCUT2D eigenvalue weighted by atomic mass is 9.72. The van der Waals surface area contributed by atoms with Crippen molar-refractivity contribution in [2.45, 2.75) is 82.2 Å². The quantitative estimate of drug-likeness (QED) is 0.510. The molecule has 6 heteroatoms. The first-order chi connectivity index (χ1) is 16.5. The minimum Gasteiger partial charge on any atom is -0.478 e. The molecule has 0 radical (unpaired) electrons. The van der Waals surface area contributed by atoms with Crippen LogP contribution in [0.5, 0.6) is 0 Å². The molecule has 34 heavy (non-hydrogen) atoms. The van der Waals surface area contributed by atoms with E-state index in [1.165, 1.54) is 24.8 Å². The average molecular weight is 458 g/mol. The number of carboxylic acid groups (broad SMARTS) is 1. The largest absolute Gasteiger partial charge is 0.478 e. The highest BCUT2D eigenvalue weighted by Crippen LogP contribution is 2.46. The number of hydrogen-bond donors (Lipinski definition) is 2. The van der Waals surface area contributed by atoms with Crippen LogP contribution in [0.4, 0.5) is 5.69 Å². The van der Waals surface area contributed by atoms with Gasteiger partial charge < -0.3 is 10.4 Å². The third-order valence-corrected chi connectivity index (χ3v) is 8.25. The zero-order chi connectivity index (χ0) is 23.4. The molecule has 2 aliphatic carbocycles. The van der Waals surface area contributed by atoms with E-state index in [0.29, 0.717) is 17.0 Å². The fraction of sp³-hybridized carbons (Fsp3) is 0.464. The van der Waals surface area contributed by atoms with Crippen molar-refractivity contribution in [2.75, 3.05) is 5.32 Å². The molecule has 1 spiro atoms. The van der Waals surface area contributed by atoms with Crippen molar-refractivity contribution in [1.29, 1.82) is 0 Å². The number of benzene rings is 2. The van der Waals surface area contributed by atoms with Gasteiger partial charge in [0.1, 0.15) is 5.82 Å². The van der Waals surface area contributed by atoms with E-state index in [1.807, 2.05) is 17.6 Å². The van der Waals surface area contributed by atoms with Crippen LogP contribution in [-0.4, -0.2) is 20.6 Å². The van der Waals surface area contributed by atoms with Crippen LogP contribution in [0.3, 0.4) is 0 Å². The van der Waals surface area contributed by atoms with Crippen molar-refractivity contribution in [3.8, 4) is 0 Å². The molecule has 0 bridgehead atoms. The van der Waals surface area contributed by atoms with Gasteiger partial charge in [-0.2, -0.15) is 0 Å². The minimum atomic E-state index is -0.958. The Morgan fingerprint density at radius 1 is 1.15 bits per heavy atom. The molecule has 3 aromatic rings. The summed E-state index contributed by atoms with van der Waals surface area (Å²) in [4.78, 5) is 30.7. The number of nitrogens with one attached hydrogen (secondary N) is 1. The zero-order valence-corrected chi connectivity index (χ0v) is 19.6. The number of carboxylic acids is 1. The van der Waals surface area contributed by atoms with Gasteiger partial charge in [0.15, 0.2) is 0 Å². The van der Waals surface area contributed by atoms with Crippen molar-refractivity contribution in [1.82, 2.24) is 9.55 Å². The van der Waals surface area contributed by atoms with Crippen molar-refractivity contribution >= 4 is 22.6 Å². The van der Waals surface area contributed by atoms with Crippen molar-refractivity contribution < 1.29 is 9.90 Å². The van der Waals surface area contributed by atoms with Crippen LogP contribution >= 0.6 is 0 Å². The van der Waals surface area contributed by atoms with Gasteiger partial charge in [0, 0.05) is 23.2 Å². The first-order valence-electron chi connectivity index (χ1n) is 12.6. The average Bonchev–Trinajstić information content (AvgIpc) is 3.64. The molecule has 2 saturated carbocycles. The van der Waals surface area contributed by atoms with E-state index in [4.69, 9.17) is 4.98 Å². The Labute approximate surface area is 199 Å². The molecule has 0 amide bonds. The number of fused-ring (bicyclic) bond motifs is 3. The van der Waals surface area contributed by atoms with E-state index in [2.05, 4.69) is 17.4 Å². The molecule has 2 fully saturated rings. The Bertz CT molecular complexity index is 1350. The second kappa shape index (κ2) is 7.97. The normalized spacial score (nSPS) is 19.8. The Kier molecular flexibility index (Phi) is 5.01. The molecule has 6 nitrogen and oxygen atoms in total. The van der Waals surface area contributed by atoms with Gasteiger partial charge in [0.2, 0.25) is 0 Å². The lowest BCUT2D eigenvalue weighted by Gasteiger charge is -2.32. The lowest BCUT2D eigenvalue weighted by Crippen LogP contribution is -2.31. The summed E-state index contributed by atoms with van der Waals surface area (Å²) >= 11 is 0. The zero-order valence-electron chi connectivity index (χ0n) is 19.6. The Morgan fingerprint density at radius 2 is 1.91 bits per heavy atom. The van der Waals surface area contributed by atoms with Gasteiger partial charge in [-0.15, -0.1) is 0 Å². The SMILES string of the molecule is C[C@@H](Nc1ccccc1C(=O)O)c1cc(C2CC2)cc2c(=O)n3c(nc12)C1(CCCCC1)CC3. The van der Waals surface area contributed by atoms with Gasteiger partial charge in [-0.05, 0) is 68.7 Å². The van der Waals surface area contributed by atoms with Gasteiger partial charge in [-0.1, -0.05) is 37.5 Å². The Morgan fingerprint density at radius 3 is 2.65 bits per heavy atom. The van der Waals surface area contributed by atoms with E-state index < -0.39 is 5.97 Å². The highest BCUT2D eigenvalue weighted by molar-refractivity contribution is 5.94. The van der Waals surface area contributed by atoms with Crippen LogP contribution in [0.15, 0.2) is 41.2 Å². The fourth-order valence-corrected chi connectivity index (χ4v) is 6.22. The molecule has 2 N–H and O–H groups in total. The smallest absolute Gasteiger partial charge is 0.337 e. The number of aromatic carboxylic acids is 1. The summed E-state index contributed by atoms with van der Waals surface area (Å²) < 4.78 is 1.95. The molecule has 0 saturated heterocycles. The summed E-state index contributed by atoms with van der Waals surface area (Å²) in [6.45, 7) is 2.80. The Balaban J connectivity index is 1.51. The van der Waals surface area contributed by atoms with Gasteiger partial charge in [0.25, 0.3) is 5.56 Å². The highest BCUT2D eigenvalue weighted by atomic mass is 16.4. The second-order valence-corrected chi connectivity index (χ2v) is 10.5. The number of hydrogen-bond acceptors (Lipinski definition) is 4. The number of aromatic nitrogens is 2. The van der Waals surface area contributed by atoms with Crippen LogP contribution in [0.25, 0.3) is 10.9 Å². The second-order valence-electron chi connectivity index (χ2n) is 10.5. The molecule has 0 unspecified atom stereocenters. The van der Waals surface area contributed by atoms with E-state index >= 15 is 0 Å². The maximum atomic E-state index is 13.7. The van der Waals surface area contributed by atoms with Crippen LogP contribution < -0.4 is 10.9 Å². The van der Waals surface area contributed by atoms with Gasteiger partial charge in [-0.25, -0.2) is 9.78 Å². The predicted octanol–water partition coefficient (Wildman–Crippen LogP) is 5.75. The monoisotopic (exact) mass is 457 g/mol. The highest BCUT2D eigenvalue weighted by Gasteiger charge is 2.42. The van der Waals surface area contributed by atoms with Crippen LogP contribution in [0, 0.1) is 0 Å². The van der Waals surface area contributed by atoms with Gasteiger partial charge in [-0.3, -0.25) is 9.36 Å². The molecule has 176 valence electrons. The third kappa shape index (κ3) is 3.42. The van der Waals surface area contributed by atoms with E-state index in [1.54, 1.807) is 18.2 Å². The summed E-state index contributed by atoms with van der Waals surface area (Å²) in [7, 11) is 0. The van der Waals surface area contributed by atoms with E-state index in [9.17, 15) is 14.7 Å². The van der Waals surface area contributed by atoms with Crippen molar-refractivity contribution in [3.05, 3.63) is 69.3 Å². The summed E-state index contributed by atoms with van der Waals surface area (Å²) in [6, 6.07) is 11.1. The summed E-state index contributed by atoms with van der Waals surface area (Å²) in [6.07, 6.45) is 9.20. The maximum absolute atomic E-state index is 13.7. The van der Waals surface area contributed by atoms with E-state index in [0.717, 1.165) is 55.6 Å². The molecule has 1 atom stereocenters. The number of carbonyl (C=O) groups is 1. The third-order valence-electron chi connectivity index (χ3n) is 8.25. The molecule has 1 aromatic heterocycles. The van der Waals surface area contributed by atoms with Crippen LogP contribution in [0.1, 0.15) is 97.6 Å². The molecule has 6 rings (SSSR count). The summed E-state index contributed by atoms with van der Waals surface area (Å²) in [5.41, 5.74) is 3.90. The number of anilines is 1.